The quantitative estimate of drug-likeness (QED) is 0.130. The summed E-state index contributed by atoms with van der Waals surface area (Å²) in [7, 11) is 0. The third-order valence-electron chi connectivity index (χ3n) is 4.47. The van der Waals surface area contributed by atoms with Crippen LogP contribution in [0.4, 0.5) is 5.69 Å². The average Bonchev–Trinajstić information content (AvgIpc) is 3.17. The average molecular weight is 490 g/mol. The minimum Gasteiger partial charge on any atom is -0.381 e. The molecule has 1 saturated heterocycles. The lowest BCUT2D eigenvalue weighted by atomic mass is 10.1. The van der Waals surface area contributed by atoms with E-state index in [2.05, 4.69) is 22.5 Å². The van der Waals surface area contributed by atoms with Crippen molar-refractivity contribution in [3.05, 3.63) is 39.9 Å². The Labute approximate surface area is 178 Å². The molecule has 0 saturated carbocycles. The van der Waals surface area contributed by atoms with Gasteiger partial charge in [0.1, 0.15) is 0 Å². The van der Waals surface area contributed by atoms with Crippen LogP contribution in [0.15, 0.2) is 29.3 Å². The summed E-state index contributed by atoms with van der Waals surface area (Å²) in [4.78, 5) is 15.0. The Balaban J connectivity index is 0.00000364. The van der Waals surface area contributed by atoms with Crippen molar-refractivity contribution in [1.82, 2.24) is 10.6 Å². The van der Waals surface area contributed by atoms with Crippen molar-refractivity contribution in [3.63, 3.8) is 0 Å². The molecule has 2 rings (SSSR count). The van der Waals surface area contributed by atoms with E-state index < -0.39 is 0 Å². The van der Waals surface area contributed by atoms with Gasteiger partial charge in [-0.3, -0.25) is 10.1 Å². The number of hydrogen-bond donors (Lipinski definition) is 2. The number of nitrogens with one attached hydrogen (secondary N) is 2. The van der Waals surface area contributed by atoms with Gasteiger partial charge < -0.3 is 15.4 Å². The van der Waals surface area contributed by atoms with Crippen molar-refractivity contribution in [1.29, 1.82) is 0 Å². The number of nitro benzene ring substituents is 1. The van der Waals surface area contributed by atoms with E-state index in [0.717, 1.165) is 50.7 Å². The maximum atomic E-state index is 10.7. The van der Waals surface area contributed by atoms with E-state index in [1.807, 2.05) is 0 Å². The maximum absolute atomic E-state index is 10.7. The zero-order chi connectivity index (χ0) is 18.6. The van der Waals surface area contributed by atoms with Gasteiger partial charge in [0, 0.05) is 37.7 Å². The molecule has 1 heterocycles. The molecule has 0 amide bonds. The molecule has 1 aliphatic rings. The normalized spacial score (nSPS) is 16.6. The lowest BCUT2D eigenvalue weighted by molar-refractivity contribution is -0.384. The maximum Gasteiger partial charge on any atom is 0.269 e. The zero-order valence-corrected chi connectivity index (χ0v) is 18.3. The van der Waals surface area contributed by atoms with Gasteiger partial charge in [0.15, 0.2) is 5.96 Å². The van der Waals surface area contributed by atoms with Gasteiger partial charge in [-0.1, -0.05) is 38.3 Å². The van der Waals surface area contributed by atoms with Gasteiger partial charge in [-0.2, -0.15) is 0 Å². The topological polar surface area (TPSA) is 88.8 Å². The largest absolute Gasteiger partial charge is 0.381 e. The summed E-state index contributed by atoms with van der Waals surface area (Å²) < 4.78 is 5.42. The van der Waals surface area contributed by atoms with Crippen LogP contribution in [-0.2, 0) is 11.3 Å². The van der Waals surface area contributed by atoms with Gasteiger partial charge in [0.25, 0.3) is 5.69 Å². The molecule has 1 atom stereocenters. The number of rotatable bonds is 10. The lowest BCUT2D eigenvalue weighted by Gasteiger charge is -2.15. The predicted octanol–water partition coefficient (Wildman–Crippen LogP) is 3.86. The second kappa shape index (κ2) is 13.7. The molecular weight excluding hydrogens is 459 g/mol. The van der Waals surface area contributed by atoms with Crippen LogP contribution < -0.4 is 10.6 Å². The minimum atomic E-state index is -0.387. The Kier molecular flexibility index (Phi) is 12.0. The van der Waals surface area contributed by atoms with Crippen molar-refractivity contribution in [2.45, 2.75) is 45.6 Å². The van der Waals surface area contributed by atoms with Crippen LogP contribution in [0, 0.1) is 16.0 Å². The second-order valence-electron chi connectivity index (χ2n) is 6.69. The minimum absolute atomic E-state index is 0. The highest BCUT2D eigenvalue weighted by Crippen LogP contribution is 2.13. The first kappa shape index (κ1) is 23.6. The molecule has 0 aliphatic carbocycles. The van der Waals surface area contributed by atoms with Crippen LogP contribution in [0.2, 0.25) is 0 Å². The Morgan fingerprint density at radius 1 is 1.26 bits per heavy atom. The molecule has 1 aromatic rings. The summed E-state index contributed by atoms with van der Waals surface area (Å²) in [5.41, 5.74) is 1.05. The van der Waals surface area contributed by atoms with Gasteiger partial charge >= 0.3 is 0 Å². The molecule has 8 heteroatoms. The van der Waals surface area contributed by atoms with E-state index >= 15 is 0 Å². The van der Waals surface area contributed by atoms with Gasteiger partial charge in [-0.05, 0) is 18.4 Å². The van der Waals surface area contributed by atoms with E-state index in [-0.39, 0.29) is 34.6 Å². The van der Waals surface area contributed by atoms with E-state index in [9.17, 15) is 10.1 Å². The number of halogens is 1. The molecule has 1 unspecified atom stereocenters. The molecule has 7 nitrogen and oxygen atoms in total. The van der Waals surface area contributed by atoms with Crippen molar-refractivity contribution < 1.29 is 9.66 Å². The highest BCUT2D eigenvalue weighted by molar-refractivity contribution is 14.0. The molecule has 1 aromatic carbocycles. The predicted molar refractivity (Wildman–Crippen MR) is 119 cm³/mol. The SMILES string of the molecule is CCCCCCNC(=NCc1ccc([N+](=O)[O-])cc1)NCC1CCOC1.I. The highest BCUT2D eigenvalue weighted by atomic mass is 127. The van der Waals surface area contributed by atoms with Crippen LogP contribution >= 0.6 is 24.0 Å². The van der Waals surface area contributed by atoms with Crippen molar-refractivity contribution >= 4 is 35.6 Å². The Bertz CT molecular complexity index is 575. The first-order chi connectivity index (χ1) is 12.7. The second-order valence-corrected chi connectivity index (χ2v) is 6.69. The smallest absolute Gasteiger partial charge is 0.269 e. The number of hydrogen-bond acceptors (Lipinski definition) is 4. The Morgan fingerprint density at radius 2 is 2.04 bits per heavy atom. The molecule has 0 spiro atoms. The van der Waals surface area contributed by atoms with Gasteiger partial charge in [0.2, 0.25) is 0 Å². The number of guanidine groups is 1. The fourth-order valence-corrected chi connectivity index (χ4v) is 2.81. The monoisotopic (exact) mass is 490 g/mol. The number of ether oxygens (including phenoxy) is 1. The van der Waals surface area contributed by atoms with Crippen molar-refractivity contribution in [2.24, 2.45) is 10.9 Å². The molecule has 1 aliphatic heterocycles. The summed E-state index contributed by atoms with van der Waals surface area (Å²) in [6.45, 7) is 6.08. The number of nitro groups is 1. The van der Waals surface area contributed by atoms with E-state index in [1.165, 1.54) is 31.4 Å². The summed E-state index contributed by atoms with van der Waals surface area (Å²) in [5, 5.41) is 17.5. The standard InChI is InChI=1S/C19H30N4O3.HI/c1-2-3-4-5-11-20-19(22-14-17-10-12-26-15-17)21-13-16-6-8-18(9-7-16)23(24)25;/h6-9,17H,2-5,10-15H2,1H3,(H2,20,21,22);1H. The van der Waals surface area contributed by atoms with E-state index in [4.69, 9.17) is 4.74 Å². The Hall–Kier alpha value is -1.42. The molecule has 0 radical (unpaired) electrons. The van der Waals surface area contributed by atoms with Crippen LogP contribution in [0.1, 0.15) is 44.6 Å². The number of benzene rings is 1. The Morgan fingerprint density at radius 3 is 2.67 bits per heavy atom. The fraction of sp³-hybridized carbons (Fsp3) is 0.632. The van der Waals surface area contributed by atoms with Crippen molar-refractivity contribution in [3.8, 4) is 0 Å². The summed E-state index contributed by atoms with van der Waals surface area (Å²) >= 11 is 0. The molecule has 27 heavy (non-hydrogen) atoms. The molecule has 0 aromatic heterocycles. The summed E-state index contributed by atoms with van der Waals surface area (Å²) in [5.74, 6) is 1.33. The van der Waals surface area contributed by atoms with Gasteiger partial charge in [-0.25, -0.2) is 4.99 Å². The number of nitrogens with zero attached hydrogens (tertiary/aromatic N) is 2. The van der Waals surface area contributed by atoms with Crippen LogP contribution in [-0.4, -0.2) is 37.2 Å². The van der Waals surface area contributed by atoms with Crippen LogP contribution in [0.5, 0.6) is 0 Å². The molecule has 1 fully saturated rings. The zero-order valence-electron chi connectivity index (χ0n) is 16.0. The number of aliphatic imine (C=N–C) groups is 1. The summed E-state index contributed by atoms with van der Waals surface area (Å²) in [6, 6.07) is 6.55. The molecular formula is C19H31IN4O3. The number of non-ortho nitro benzene ring substituents is 1. The van der Waals surface area contributed by atoms with E-state index in [1.54, 1.807) is 12.1 Å². The summed E-state index contributed by atoms with van der Waals surface area (Å²) in [6.07, 6.45) is 5.90. The first-order valence-electron chi connectivity index (χ1n) is 9.52. The van der Waals surface area contributed by atoms with Gasteiger partial charge in [0.05, 0.1) is 18.1 Å². The van der Waals surface area contributed by atoms with Crippen LogP contribution in [0.25, 0.3) is 0 Å². The number of unbranched alkanes of at least 4 members (excludes halogenated alkanes) is 3. The van der Waals surface area contributed by atoms with Crippen LogP contribution in [0.3, 0.4) is 0 Å². The third-order valence-corrected chi connectivity index (χ3v) is 4.47. The lowest BCUT2D eigenvalue weighted by Crippen LogP contribution is -2.40. The van der Waals surface area contributed by atoms with Gasteiger partial charge in [-0.15, -0.1) is 24.0 Å². The fourth-order valence-electron chi connectivity index (χ4n) is 2.81. The molecule has 0 bridgehead atoms. The highest BCUT2D eigenvalue weighted by Gasteiger charge is 2.15. The van der Waals surface area contributed by atoms with Crippen molar-refractivity contribution in [2.75, 3.05) is 26.3 Å². The first-order valence-corrected chi connectivity index (χ1v) is 9.52. The molecule has 152 valence electrons. The van der Waals surface area contributed by atoms with E-state index in [0.29, 0.717) is 12.5 Å². The third kappa shape index (κ3) is 9.37. The molecule has 2 N–H and O–H groups in total.